The molecule has 1 aromatic rings. The Labute approximate surface area is 178 Å². The van der Waals surface area contributed by atoms with Gasteiger partial charge in [0.05, 0.1) is 6.42 Å². The van der Waals surface area contributed by atoms with Crippen molar-refractivity contribution in [2.75, 3.05) is 6.54 Å². The third-order valence-corrected chi connectivity index (χ3v) is 4.91. The maximum atomic E-state index is 12.9. The Bertz CT molecular complexity index is 840. The minimum atomic E-state index is -1.25. The minimum Gasteiger partial charge on any atom is -0.508 e. The fourth-order valence-electron chi connectivity index (χ4n) is 3.49. The molecule has 0 aromatic heterocycles. The lowest BCUT2D eigenvalue weighted by Gasteiger charge is -2.29. The van der Waals surface area contributed by atoms with Gasteiger partial charge in [0.25, 0.3) is 0 Å². The summed E-state index contributed by atoms with van der Waals surface area (Å²) < 4.78 is 0. The van der Waals surface area contributed by atoms with Gasteiger partial charge in [0.2, 0.25) is 23.6 Å². The summed E-state index contributed by atoms with van der Waals surface area (Å²) >= 11 is 0. The van der Waals surface area contributed by atoms with Crippen LogP contribution in [0.4, 0.5) is 0 Å². The average molecular weight is 434 g/mol. The van der Waals surface area contributed by atoms with E-state index >= 15 is 0 Å². The third kappa shape index (κ3) is 6.69. The number of phenolic OH excluding ortho intramolecular Hbond substituents is 1. The molecule has 1 aromatic carbocycles. The van der Waals surface area contributed by atoms with Crippen LogP contribution in [0, 0.1) is 0 Å². The van der Waals surface area contributed by atoms with Crippen LogP contribution in [0.25, 0.3) is 0 Å². The number of phenols is 1. The maximum absolute atomic E-state index is 12.9. The van der Waals surface area contributed by atoms with Crippen LogP contribution in [0.2, 0.25) is 0 Å². The van der Waals surface area contributed by atoms with Gasteiger partial charge >= 0.3 is 5.97 Å². The monoisotopic (exact) mass is 434 g/mol. The molecule has 0 unspecified atom stereocenters. The van der Waals surface area contributed by atoms with Crippen molar-refractivity contribution >= 4 is 29.6 Å². The van der Waals surface area contributed by atoms with E-state index in [-0.39, 0.29) is 18.7 Å². The van der Waals surface area contributed by atoms with Crippen molar-refractivity contribution in [1.82, 2.24) is 15.5 Å². The first-order valence-electron chi connectivity index (χ1n) is 9.75. The lowest BCUT2D eigenvalue weighted by molar-refractivity contribution is -0.145. The fraction of sp³-hybridized carbons (Fsp3) is 0.450. The largest absolute Gasteiger partial charge is 0.508 e. The van der Waals surface area contributed by atoms with E-state index in [1.165, 1.54) is 24.0 Å². The number of carbonyl (C=O) groups is 5. The zero-order valence-corrected chi connectivity index (χ0v) is 17.0. The number of benzene rings is 1. The van der Waals surface area contributed by atoms with Crippen LogP contribution < -0.4 is 16.4 Å². The van der Waals surface area contributed by atoms with E-state index in [1.54, 1.807) is 12.1 Å². The Morgan fingerprint density at radius 3 is 2.32 bits per heavy atom. The number of amides is 4. The fourth-order valence-corrected chi connectivity index (χ4v) is 3.49. The summed E-state index contributed by atoms with van der Waals surface area (Å²) in [7, 11) is 0. The molecule has 11 nitrogen and oxygen atoms in total. The lowest BCUT2D eigenvalue weighted by atomic mass is 10.0. The van der Waals surface area contributed by atoms with Crippen LogP contribution in [-0.2, 0) is 30.4 Å². The zero-order chi connectivity index (χ0) is 23.1. The summed E-state index contributed by atoms with van der Waals surface area (Å²) in [4.78, 5) is 61.2. The summed E-state index contributed by atoms with van der Waals surface area (Å²) in [6.45, 7) is 1.41. The molecule has 1 saturated heterocycles. The van der Waals surface area contributed by atoms with E-state index in [0.29, 0.717) is 18.4 Å². The summed E-state index contributed by atoms with van der Waals surface area (Å²) in [6.07, 6.45) is 0.384. The van der Waals surface area contributed by atoms with Crippen molar-refractivity contribution in [1.29, 1.82) is 0 Å². The number of nitrogens with zero attached hydrogens (tertiary/aromatic N) is 1. The third-order valence-electron chi connectivity index (χ3n) is 4.91. The molecule has 168 valence electrons. The number of hydrogen-bond donors (Lipinski definition) is 5. The van der Waals surface area contributed by atoms with Gasteiger partial charge < -0.3 is 31.5 Å². The maximum Gasteiger partial charge on any atom is 0.326 e. The van der Waals surface area contributed by atoms with Crippen molar-refractivity contribution in [3.63, 3.8) is 0 Å². The number of nitrogens with two attached hydrogens (primary N) is 1. The predicted octanol–water partition coefficient (Wildman–Crippen LogP) is -1.12. The highest BCUT2D eigenvalue weighted by Gasteiger charge is 2.39. The van der Waals surface area contributed by atoms with E-state index in [0.717, 1.165) is 0 Å². The number of rotatable bonds is 9. The van der Waals surface area contributed by atoms with Gasteiger partial charge in [-0.05, 0) is 30.5 Å². The van der Waals surface area contributed by atoms with Gasteiger partial charge in [0.15, 0.2) is 0 Å². The topological polar surface area (TPSA) is 179 Å². The van der Waals surface area contributed by atoms with Gasteiger partial charge in [-0.1, -0.05) is 12.1 Å². The molecule has 31 heavy (non-hydrogen) atoms. The van der Waals surface area contributed by atoms with Gasteiger partial charge in [-0.2, -0.15) is 0 Å². The number of aliphatic carboxylic acids is 1. The summed E-state index contributed by atoms with van der Waals surface area (Å²) in [5.74, 6) is -3.80. The van der Waals surface area contributed by atoms with Gasteiger partial charge in [-0.25, -0.2) is 4.79 Å². The summed E-state index contributed by atoms with van der Waals surface area (Å²) in [5.41, 5.74) is 5.76. The van der Waals surface area contributed by atoms with Gasteiger partial charge in [-0.3, -0.25) is 19.2 Å². The number of carboxylic acids is 1. The van der Waals surface area contributed by atoms with E-state index in [4.69, 9.17) is 5.73 Å². The number of carbonyl (C=O) groups excluding carboxylic acids is 4. The zero-order valence-electron chi connectivity index (χ0n) is 17.0. The van der Waals surface area contributed by atoms with Crippen LogP contribution in [0.5, 0.6) is 5.75 Å². The Morgan fingerprint density at radius 1 is 1.13 bits per heavy atom. The smallest absolute Gasteiger partial charge is 0.326 e. The Morgan fingerprint density at radius 2 is 1.77 bits per heavy atom. The molecule has 11 heteroatoms. The number of nitrogens with one attached hydrogen (secondary N) is 2. The Hall–Kier alpha value is -3.63. The molecule has 0 aliphatic carbocycles. The molecule has 6 N–H and O–H groups in total. The minimum absolute atomic E-state index is 0.0157. The first kappa shape index (κ1) is 23.6. The molecule has 1 aliphatic heterocycles. The number of carboxylic acid groups (broad SMARTS) is 1. The predicted molar refractivity (Wildman–Crippen MR) is 108 cm³/mol. The number of likely N-dealkylation sites (tertiary alicyclic amines) is 1. The molecule has 1 fully saturated rings. The molecule has 2 rings (SSSR count). The van der Waals surface area contributed by atoms with Gasteiger partial charge in [-0.15, -0.1) is 0 Å². The second-order valence-corrected chi connectivity index (χ2v) is 7.38. The molecule has 1 aliphatic rings. The van der Waals surface area contributed by atoms with Crippen molar-refractivity contribution in [2.24, 2.45) is 5.73 Å². The molecular formula is C20H26N4O7. The number of aromatic hydroxyl groups is 1. The summed E-state index contributed by atoms with van der Waals surface area (Å²) in [6, 6.07) is 2.54. The van der Waals surface area contributed by atoms with Gasteiger partial charge in [0, 0.05) is 19.9 Å². The molecule has 0 spiro atoms. The van der Waals surface area contributed by atoms with E-state index in [1.807, 2.05) is 0 Å². The quantitative estimate of drug-likeness (QED) is 0.326. The van der Waals surface area contributed by atoms with Crippen LogP contribution in [0.1, 0.15) is 31.7 Å². The van der Waals surface area contributed by atoms with Crippen LogP contribution in [0.3, 0.4) is 0 Å². The van der Waals surface area contributed by atoms with Crippen molar-refractivity contribution in [2.45, 2.75) is 50.7 Å². The summed E-state index contributed by atoms with van der Waals surface area (Å²) in [5, 5.41) is 23.7. The molecule has 4 amide bonds. The number of hydrogen-bond acceptors (Lipinski definition) is 6. The lowest BCUT2D eigenvalue weighted by Crippen LogP contribution is -2.56. The second kappa shape index (κ2) is 10.4. The average Bonchev–Trinajstić information content (AvgIpc) is 3.17. The highest BCUT2D eigenvalue weighted by molar-refractivity contribution is 5.95. The molecule has 1 heterocycles. The molecule has 0 saturated carbocycles. The Balaban J connectivity index is 2.11. The highest BCUT2D eigenvalue weighted by atomic mass is 16.4. The molecular weight excluding hydrogens is 408 g/mol. The van der Waals surface area contributed by atoms with Crippen LogP contribution in [-0.4, -0.2) is 69.4 Å². The Kier molecular flexibility index (Phi) is 7.94. The van der Waals surface area contributed by atoms with Crippen LogP contribution in [0.15, 0.2) is 24.3 Å². The van der Waals surface area contributed by atoms with Crippen molar-refractivity contribution in [3.8, 4) is 5.75 Å². The highest BCUT2D eigenvalue weighted by Crippen LogP contribution is 2.20. The van der Waals surface area contributed by atoms with E-state index < -0.39 is 54.1 Å². The van der Waals surface area contributed by atoms with Gasteiger partial charge in [0.1, 0.15) is 23.9 Å². The standard InChI is InChI=1S/C20H26N4O7/c1-11(25)22-14(10-17(21)27)19(29)24-8-2-3-16(24)18(28)23-15(20(30)31)9-12-4-6-13(26)7-5-12/h4-7,14-16,26H,2-3,8-10H2,1H3,(H2,21,27)(H,22,25)(H,23,28)(H,30,31)/t14-,15-,16-/m0/s1. The SMILES string of the molecule is CC(=O)N[C@@H](CC(N)=O)C(=O)N1CCC[C@H]1C(=O)N[C@@H](Cc1ccc(O)cc1)C(=O)O. The number of primary amides is 1. The molecule has 3 atom stereocenters. The molecule has 0 bridgehead atoms. The van der Waals surface area contributed by atoms with E-state index in [2.05, 4.69) is 10.6 Å². The first-order chi connectivity index (χ1) is 14.6. The normalized spacial score (nSPS) is 17.5. The second-order valence-electron chi connectivity index (χ2n) is 7.38. The van der Waals surface area contributed by atoms with E-state index in [9.17, 15) is 34.2 Å². The van der Waals surface area contributed by atoms with Crippen molar-refractivity contribution in [3.05, 3.63) is 29.8 Å². The first-order valence-corrected chi connectivity index (χ1v) is 9.75. The van der Waals surface area contributed by atoms with Crippen LogP contribution >= 0.6 is 0 Å². The molecule has 0 radical (unpaired) electrons. The van der Waals surface area contributed by atoms with Crippen molar-refractivity contribution < 1.29 is 34.2 Å².